The number of halogens is 3. The van der Waals surface area contributed by atoms with Gasteiger partial charge in [0.25, 0.3) is 0 Å². The van der Waals surface area contributed by atoms with Gasteiger partial charge in [-0.2, -0.15) is 0 Å². The maximum Gasteiger partial charge on any atom is 0.140 e. The number of nitrogens with one attached hydrogen (secondary N) is 1. The normalized spacial score (nSPS) is 12.2. The molecule has 0 unspecified atom stereocenters. The Kier molecular flexibility index (Phi) is 6.49. The summed E-state index contributed by atoms with van der Waals surface area (Å²) in [7, 11) is 1.90. The van der Waals surface area contributed by atoms with Gasteiger partial charge in [-0.3, -0.25) is 0 Å². The molecule has 0 saturated carbocycles. The second kappa shape index (κ2) is 8.37. The summed E-state index contributed by atoms with van der Waals surface area (Å²) in [5.74, 6) is 0.270. The van der Waals surface area contributed by atoms with Crippen LogP contribution in [0.2, 0.25) is 10.0 Å². The largest absolute Gasteiger partial charge is 0.484 e. The lowest BCUT2D eigenvalue weighted by molar-refractivity contribution is 0.192. The first-order chi connectivity index (χ1) is 10.6. The van der Waals surface area contributed by atoms with Crippen molar-refractivity contribution >= 4 is 23.2 Å². The average molecular weight is 342 g/mol. The molecule has 0 spiro atoms. The van der Waals surface area contributed by atoms with Crippen LogP contribution in [0.15, 0.2) is 42.5 Å². The monoisotopic (exact) mass is 341 g/mol. The van der Waals surface area contributed by atoms with Crippen molar-refractivity contribution in [2.75, 3.05) is 13.6 Å². The molecule has 0 saturated heterocycles. The van der Waals surface area contributed by atoms with Gasteiger partial charge in [-0.05, 0) is 56.3 Å². The minimum atomic E-state index is -0.265. The highest BCUT2D eigenvalue weighted by atomic mass is 35.5. The van der Waals surface area contributed by atoms with E-state index in [2.05, 4.69) is 5.32 Å². The van der Waals surface area contributed by atoms with Crippen molar-refractivity contribution in [3.8, 4) is 5.75 Å². The summed E-state index contributed by atoms with van der Waals surface area (Å²) in [4.78, 5) is 0. The van der Waals surface area contributed by atoms with E-state index in [-0.39, 0.29) is 11.9 Å². The lowest BCUT2D eigenvalue weighted by Crippen LogP contribution is -2.13. The van der Waals surface area contributed by atoms with Crippen LogP contribution in [0, 0.1) is 5.82 Å². The third-order valence-corrected chi connectivity index (χ3v) is 3.84. The molecule has 0 aliphatic heterocycles. The van der Waals surface area contributed by atoms with Gasteiger partial charge in [-0.25, -0.2) is 4.39 Å². The van der Waals surface area contributed by atoms with Crippen LogP contribution in [-0.2, 0) is 0 Å². The lowest BCUT2D eigenvalue weighted by Gasteiger charge is -2.20. The summed E-state index contributed by atoms with van der Waals surface area (Å²) in [5.41, 5.74) is 0.911. The molecule has 2 aromatic rings. The van der Waals surface area contributed by atoms with Gasteiger partial charge in [-0.15, -0.1) is 0 Å². The van der Waals surface area contributed by atoms with Gasteiger partial charge in [0, 0.05) is 11.1 Å². The average Bonchev–Trinajstić information content (AvgIpc) is 2.51. The first-order valence-corrected chi connectivity index (χ1v) is 7.87. The predicted octanol–water partition coefficient (Wildman–Crippen LogP) is 5.25. The molecule has 0 aliphatic rings. The Morgan fingerprint density at radius 3 is 2.55 bits per heavy atom. The Hall–Kier alpha value is -1.29. The van der Waals surface area contributed by atoms with Gasteiger partial charge in [0.1, 0.15) is 17.7 Å². The van der Waals surface area contributed by atoms with E-state index in [0.717, 1.165) is 24.9 Å². The molecule has 22 heavy (non-hydrogen) atoms. The van der Waals surface area contributed by atoms with Crippen LogP contribution in [0.1, 0.15) is 24.5 Å². The molecule has 5 heteroatoms. The zero-order valence-corrected chi connectivity index (χ0v) is 13.8. The van der Waals surface area contributed by atoms with E-state index in [1.807, 2.05) is 7.05 Å². The number of rotatable bonds is 7. The van der Waals surface area contributed by atoms with Crippen molar-refractivity contribution in [3.63, 3.8) is 0 Å². The van der Waals surface area contributed by atoms with Gasteiger partial charge in [0.15, 0.2) is 0 Å². The first-order valence-electron chi connectivity index (χ1n) is 7.12. The van der Waals surface area contributed by atoms with Crippen LogP contribution >= 0.6 is 23.2 Å². The Balaban J connectivity index is 2.19. The summed E-state index contributed by atoms with van der Waals surface area (Å²) >= 11 is 12.2. The van der Waals surface area contributed by atoms with Crippen molar-refractivity contribution in [2.45, 2.75) is 18.9 Å². The van der Waals surface area contributed by atoms with Crippen molar-refractivity contribution in [1.82, 2.24) is 5.32 Å². The second-order valence-electron chi connectivity index (χ2n) is 4.98. The molecule has 0 radical (unpaired) electrons. The number of benzene rings is 2. The van der Waals surface area contributed by atoms with Gasteiger partial charge in [-0.1, -0.05) is 35.3 Å². The van der Waals surface area contributed by atoms with Crippen LogP contribution in [0.3, 0.4) is 0 Å². The fourth-order valence-electron chi connectivity index (χ4n) is 2.16. The zero-order chi connectivity index (χ0) is 15.9. The maximum absolute atomic E-state index is 13.1. The molecule has 0 heterocycles. The molecule has 118 valence electrons. The second-order valence-corrected chi connectivity index (χ2v) is 5.82. The van der Waals surface area contributed by atoms with Crippen LogP contribution in [0.25, 0.3) is 0 Å². The molecule has 1 atom stereocenters. The minimum Gasteiger partial charge on any atom is -0.484 e. The Labute approximate surface area is 140 Å². The molecule has 2 rings (SSSR count). The highest BCUT2D eigenvalue weighted by Gasteiger charge is 2.15. The molecule has 0 bridgehead atoms. The molecule has 2 aromatic carbocycles. The van der Waals surface area contributed by atoms with Crippen LogP contribution < -0.4 is 10.1 Å². The molecule has 0 aromatic heterocycles. The van der Waals surface area contributed by atoms with Crippen molar-refractivity contribution < 1.29 is 9.13 Å². The number of hydrogen-bond acceptors (Lipinski definition) is 2. The summed E-state index contributed by atoms with van der Waals surface area (Å²) < 4.78 is 19.1. The van der Waals surface area contributed by atoms with Crippen LogP contribution in [-0.4, -0.2) is 13.6 Å². The SMILES string of the molecule is CNCCC[C@H](Oc1cc(Cl)ccc1Cl)c1ccc(F)cc1. The standard InChI is InChI=1S/C17H18Cl2FNO/c1-21-10-2-3-16(12-4-7-14(20)8-5-12)22-17-11-13(18)6-9-15(17)19/h4-9,11,16,21H,2-3,10H2,1H3/t16-/m0/s1. The minimum absolute atomic E-state index is 0.204. The summed E-state index contributed by atoms with van der Waals surface area (Å²) in [5, 5.41) is 4.17. The molecule has 2 nitrogen and oxygen atoms in total. The van der Waals surface area contributed by atoms with Gasteiger partial charge < -0.3 is 10.1 Å². The van der Waals surface area contributed by atoms with Crippen molar-refractivity contribution in [2.24, 2.45) is 0 Å². The topological polar surface area (TPSA) is 21.3 Å². The van der Waals surface area contributed by atoms with E-state index in [4.69, 9.17) is 27.9 Å². The Morgan fingerprint density at radius 1 is 1.14 bits per heavy atom. The zero-order valence-electron chi connectivity index (χ0n) is 12.3. The van der Waals surface area contributed by atoms with Crippen molar-refractivity contribution in [1.29, 1.82) is 0 Å². The molecule has 0 amide bonds. The summed E-state index contributed by atoms with van der Waals surface area (Å²) in [6.45, 7) is 0.879. The maximum atomic E-state index is 13.1. The van der Waals surface area contributed by atoms with E-state index >= 15 is 0 Å². The van der Waals surface area contributed by atoms with E-state index < -0.39 is 0 Å². The third kappa shape index (κ3) is 4.87. The van der Waals surface area contributed by atoms with Gasteiger partial charge in [0.05, 0.1) is 5.02 Å². The van der Waals surface area contributed by atoms with E-state index in [9.17, 15) is 4.39 Å². The predicted molar refractivity (Wildman–Crippen MR) is 89.4 cm³/mol. The number of ether oxygens (including phenoxy) is 1. The van der Waals surface area contributed by atoms with E-state index in [1.54, 1.807) is 30.3 Å². The molecule has 0 aliphatic carbocycles. The summed E-state index contributed by atoms with van der Waals surface area (Å²) in [6, 6.07) is 11.4. The molecular weight excluding hydrogens is 324 g/mol. The molecule has 1 N–H and O–H groups in total. The Bertz CT molecular complexity index is 604. The van der Waals surface area contributed by atoms with E-state index in [1.165, 1.54) is 12.1 Å². The highest BCUT2D eigenvalue weighted by molar-refractivity contribution is 6.34. The van der Waals surface area contributed by atoms with Gasteiger partial charge in [0.2, 0.25) is 0 Å². The first kappa shape index (κ1) is 17.1. The fourth-order valence-corrected chi connectivity index (χ4v) is 2.48. The molecule has 0 fully saturated rings. The Morgan fingerprint density at radius 2 is 1.86 bits per heavy atom. The fraction of sp³-hybridized carbons (Fsp3) is 0.294. The van der Waals surface area contributed by atoms with Crippen molar-refractivity contribution in [3.05, 3.63) is 63.9 Å². The highest BCUT2D eigenvalue weighted by Crippen LogP contribution is 2.33. The quantitative estimate of drug-likeness (QED) is 0.694. The van der Waals surface area contributed by atoms with Gasteiger partial charge >= 0.3 is 0 Å². The lowest BCUT2D eigenvalue weighted by atomic mass is 10.0. The van der Waals surface area contributed by atoms with Crippen LogP contribution in [0.4, 0.5) is 4.39 Å². The molecular formula is C17H18Cl2FNO. The smallest absolute Gasteiger partial charge is 0.140 e. The summed E-state index contributed by atoms with van der Waals surface area (Å²) in [6.07, 6.45) is 1.51. The number of hydrogen-bond donors (Lipinski definition) is 1. The van der Waals surface area contributed by atoms with Crippen LogP contribution in [0.5, 0.6) is 5.75 Å². The third-order valence-electron chi connectivity index (χ3n) is 3.30. The van der Waals surface area contributed by atoms with E-state index in [0.29, 0.717) is 15.8 Å².